The predicted molar refractivity (Wildman–Crippen MR) is 191 cm³/mol. The zero-order valence-electron chi connectivity index (χ0n) is 29.5. The Labute approximate surface area is 305 Å². The summed E-state index contributed by atoms with van der Waals surface area (Å²) in [5, 5.41) is 4.99. The molecule has 4 heterocycles. The first kappa shape index (κ1) is 36.0. The molecule has 17 heteroatoms. The molecule has 1 saturated heterocycles. The SMILES string of the molecule is COc1ccc2c(O[C@H]3CCN4C(=O)N(C)CCCC/C=C/[C@H]5C[C@]5(C(=O)NS(=O)(=O)C5(C)CC5)NC(=O)[C@@H]4C3)nc(-c3nc(F)cs3)nc2c1C. The molecule has 4 aliphatic rings. The Kier molecular flexibility index (Phi) is 9.38. The van der Waals surface area contributed by atoms with Crippen LogP contribution in [0, 0.1) is 18.8 Å². The van der Waals surface area contributed by atoms with Gasteiger partial charge in [0.15, 0.2) is 10.8 Å². The lowest BCUT2D eigenvalue weighted by atomic mass is 9.97. The van der Waals surface area contributed by atoms with Gasteiger partial charge in [0.2, 0.25) is 27.8 Å². The summed E-state index contributed by atoms with van der Waals surface area (Å²) < 4.78 is 53.4. The van der Waals surface area contributed by atoms with Gasteiger partial charge >= 0.3 is 6.03 Å². The third kappa shape index (κ3) is 6.68. The third-order valence-electron chi connectivity index (χ3n) is 10.7. The highest BCUT2D eigenvalue weighted by atomic mass is 32.2. The Morgan fingerprint density at radius 2 is 1.94 bits per heavy atom. The van der Waals surface area contributed by atoms with Crippen LogP contribution in [-0.2, 0) is 19.6 Å². The van der Waals surface area contributed by atoms with E-state index in [1.165, 1.54) is 10.3 Å². The van der Waals surface area contributed by atoms with Gasteiger partial charge in [0.25, 0.3) is 5.91 Å². The van der Waals surface area contributed by atoms with Gasteiger partial charge in [0, 0.05) is 49.8 Å². The summed E-state index contributed by atoms with van der Waals surface area (Å²) in [6.45, 7) is 4.10. The fourth-order valence-corrected chi connectivity index (χ4v) is 8.89. The average molecular weight is 756 g/mol. The van der Waals surface area contributed by atoms with Crippen molar-refractivity contribution >= 4 is 50.1 Å². The molecule has 52 heavy (non-hydrogen) atoms. The standard InChI is InChI=1S/C35H42FN7O7S2/c1-20-25(49-4)11-10-23-27(20)38-28(31-37-26(36)19-51-31)39-30(23)50-22-12-16-43-24(17-22)29(44)40-35(32(45)41-52(47,48)34(2)13-14-34)18-21(35)9-7-5-6-8-15-42(3)33(43)46/h7,9-11,19,21-22,24H,5-6,8,12-18H2,1-4H3,(H,40,44)(H,41,45)/b9-7+/t21-,22-,24-,35-/m0/s1. The maximum absolute atomic E-state index is 14.3. The summed E-state index contributed by atoms with van der Waals surface area (Å²) in [6, 6.07) is 2.16. The summed E-state index contributed by atoms with van der Waals surface area (Å²) in [4.78, 5) is 58.3. The number of carbonyl (C=O) groups is 3. The predicted octanol–water partition coefficient (Wildman–Crippen LogP) is 4.09. The number of urea groups is 1. The second kappa shape index (κ2) is 13.5. The molecule has 1 aromatic carbocycles. The van der Waals surface area contributed by atoms with Crippen LogP contribution in [0.3, 0.4) is 0 Å². The number of piperidine rings is 1. The molecular weight excluding hydrogens is 714 g/mol. The van der Waals surface area contributed by atoms with E-state index in [9.17, 15) is 27.2 Å². The zero-order chi connectivity index (χ0) is 37.0. The number of rotatable bonds is 7. The van der Waals surface area contributed by atoms with Gasteiger partial charge in [-0.1, -0.05) is 12.2 Å². The van der Waals surface area contributed by atoms with Crippen molar-refractivity contribution in [2.45, 2.75) is 87.6 Å². The van der Waals surface area contributed by atoms with E-state index in [0.717, 1.165) is 30.6 Å². The molecule has 2 saturated carbocycles. The minimum atomic E-state index is -3.97. The van der Waals surface area contributed by atoms with Crippen LogP contribution in [0.2, 0.25) is 0 Å². The second-order valence-corrected chi connectivity index (χ2v) is 17.4. The normalized spacial score (nSPS) is 26.8. The van der Waals surface area contributed by atoms with Crippen molar-refractivity contribution in [3.63, 3.8) is 0 Å². The topological polar surface area (TPSA) is 173 Å². The molecule has 0 spiro atoms. The summed E-state index contributed by atoms with van der Waals surface area (Å²) in [6.07, 6.45) is 7.02. The van der Waals surface area contributed by atoms with Crippen LogP contribution >= 0.6 is 11.3 Å². The Balaban J connectivity index is 1.21. The van der Waals surface area contributed by atoms with Gasteiger partial charge in [-0.25, -0.2) is 23.2 Å². The molecule has 4 amide bonds. The number of hydrogen-bond acceptors (Lipinski definition) is 11. The molecule has 3 fully saturated rings. The van der Waals surface area contributed by atoms with Crippen molar-refractivity contribution in [2.24, 2.45) is 5.92 Å². The summed E-state index contributed by atoms with van der Waals surface area (Å²) >= 11 is 1.05. The number of aryl methyl sites for hydroxylation is 1. The van der Waals surface area contributed by atoms with E-state index in [4.69, 9.17) is 9.47 Å². The molecule has 2 aromatic heterocycles. The zero-order valence-corrected chi connectivity index (χ0v) is 31.1. The molecule has 14 nitrogen and oxygen atoms in total. The fourth-order valence-electron chi connectivity index (χ4n) is 6.98. The molecule has 3 aromatic rings. The van der Waals surface area contributed by atoms with Crippen LogP contribution in [0.5, 0.6) is 11.6 Å². The summed E-state index contributed by atoms with van der Waals surface area (Å²) in [5.74, 6) is -1.48. The number of nitrogens with zero attached hydrogens (tertiary/aromatic N) is 5. The quantitative estimate of drug-likeness (QED) is 0.335. The highest BCUT2D eigenvalue weighted by molar-refractivity contribution is 7.91. The molecule has 0 radical (unpaired) electrons. The lowest BCUT2D eigenvalue weighted by Gasteiger charge is -2.40. The minimum absolute atomic E-state index is 0.0574. The van der Waals surface area contributed by atoms with E-state index in [1.54, 1.807) is 38.1 Å². The second-order valence-electron chi connectivity index (χ2n) is 14.4. The van der Waals surface area contributed by atoms with Crippen molar-refractivity contribution in [2.75, 3.05) is 27.2 Å². The third-order valence-corrected chi connectivity index (χ3v) is 13.7. The molecule has 2 N–H and O–H groups in total. The lowest BCUT2D eigenvalue weighted by molar-refractivity contribution is -0.133. The van der Waals surface area contributed by atoms with Crippen LogP contribution in [0.15, 0.2) is 29.7 Å². The molecule has 4 atom stereocenters. The number of allylic oxidation sites excluding steroid dienone is 1. The van der Waals surface area contributed by atoms with Crippen LogP contribution in [0.1, 0.15) is 63.9 Å². The number of aromatic nitrogens is 3. The monoisotopic (exact) mass is 755 g/mol. The Morgan fingerprint density at radius 1 is 1.15 bits per heavy atom. The van der Waals surface area contributed by atoms with Gasteiger partial charge in [-0.05, 0) is 64.5 Å². The van der Waals surface area contributed by atoms with Gasteiger partial charge in [0.05, 0.1) is 22.8 Å². The average Bonchev–Trinajstić information content (AvgIpc) is 3.99. The smallest absolute Gasteiger partial charge is 0.320 e. The van der Waals surface area contributed by atoms with Crippen LogP contribution in [-0.4, -0.2) is 101 Å². The van der Waals surface area contributed by atoms with Gasteiger partial charge in [0.1, 0.15) is 23.4 Å². The van der Waals surface area contributed by atoms with Crippen molar-refractivity contribution in [3.8, 4) is 22.5 Å². The Bertz CT molecular complexity index is 2070. The number of carbonyl (C=O) groups excluding carboxylic acids is 3. The number of sulfonamides is 1. The Morgan fingerprint density at radius 3 is 2.65 bits per heavy atom. The number of ether oxygens (including phenoxy) is 2. The van der Waals surface area contributed by atoms with Gasteiger partial charge < -0.3 is 24.6 Å². The fraction of sp³-hybridized carbons (Fsp3) is 0.543. The van der Waals surface area contributed by atoms with E-state index in [0.29, 0.717) is 48.0 Å². The van der Waals surface area contributed by atoms with Crippen molar-refractivity contribution in [1.82, 2.24) is 34.8 Å². The maximum atomic E-state index is 14.3. The molecule has 278 valence electrons. The van der Waals surface area contributed by atoms with Crippen LogP contribution in [0.4, 0.5) is 9.18 Å². The number of nitrogens with one attached hydrogen (secondary N) is 2. The van der Waals surface area contributed by atoms with Crippen LogP contribution in [0.25, 0.3) is 21.7 Å². The molecule has 0 bridgehead atoms. The highest BCUT2D eigenvalue weighted by Gasteiger charge is 2.63. The van der Waals surface area contributed by atoms with Gasteiger partial charge in [-0.15, -0.1) is 11.3 Å². The molecule has 7 rings (SSSR count). The molecular formula is C35H42FN7O7S2. The van der Waals surface area contributed by atoms with Gasteiger partial charge in [-0.2, -0.15) is 9.37 Å². The van der Waals surface area contributed by atoms with Crippen molar-refractivity contribution in [1.29, 1.82) is 0 Å². The molecule has 0 unspecified atom stereocenters. The number of halogens is 1. The minimum Gasteiger partial charge on any atom is -0.496 e. The van der Waals surface area contributed by atoms with Crippen molar-refractivity contribution < 1.29 is 36.7 Å². The van der Waals surface area contributed by atoms with Crippen LogP contribution < -0.4 is 19.5 Å². The Hall–Kier alpha value is -4.38. The first-order valence-corrected chi connectivity index (χ1v) is 19.8. The first-order valence-electron chi connectivity index (χ1n) is 17.5. The number of hydrogen-bond donors (Lipinski definition) is 2. The largest absolute Gasteiger partial charge is 0.496 e. The lowest BCUT2D eigenvalue weighted by Crippen LogP contribution is -2.61. The number of benzene rings is 1. The number of fused-ring (bicyclic) bond motifs is 3. The van der Waals surface area contributed by atoms with E-state index < -0.39 is 56.1 Å². The van der Waals surface area contributed by atoms with Gasteiger partial charge in [-0.3, -0.25) is 14.3 Å². The van der Waals surface area contributed by atoms with E-state index in [1.807, 2.05) is 19.1 Å². The molecule has 2 aliphatic carbocycles. The van der Waals surface area contributed by atoms with E-state index in [2.05, 4.69) is 25.0 Å². The first-order chi connectivity index (χ1) is 24.7. The number of amides is 4. The van der Waals surface area contributed by atoms with E-state index in [-0.39, 0.29) is 42.1 Å². The highest BCUT2D eigenvalue weighted by Crippen LogP contribution is 2.47. The number of thiazole rings is 1. The summed E-state index contributed by atoms with van der Waals surface area (Å²) in [5.41, 5.74) is -0.244. The van der Waals surface area contributed by atoms with Crippen molar-refractivity contribution in [3.05, 3.63) is 41.2 Å². The maximum Gasteiger partial charge on any atom is 0.320 e. The van der Waals surface area contributed by atoms with E-state index >= 15 is 0 Å². The molecule has 2 aliphatic heterocycles. The number of methoxy groups -OCH3 is 1. The summed E-state index contributed by atoms with van der Waals surface area (Å²) in [7, 11) is -0.719.